The summed E-state index contributed by atoms with van der Waals surface area (Å²) in [4.78, 5) is 19.3. The number of hydrogen-bond donors (Lipinski definition) is 2. The van der Waals surface area contributed by atoms with Crippen molar-refractivity contribution in [1.82, 2.24) is 14.7 Å². The molecule has 2 aromatic heterocycles. The highest BCUT2D eigenvalue weighted by Crippen LogP contribution is 2.27. The lowest BCUT2D eigenvalue weighted by atomic mass is 10.0. The van der Waals surface area contributed by atoms with Crippen molar-refractivity contribution in [3.63, 3.8) is 0 Å². The molecule has 0 saturated carbocycles. The maximum atomic E-state index is 14.8. The minimum Gasteiger partial charge on any atom is -0.496 e. The quantitative estimate of drug-likeness (QED) is 0.675. The van der Waals surface area contributed by atoms with E-state index in [1.54, 1.807) is 22.7 Å². The highest BCUT2D eigenvalue weighted by Gasteiger charge is 2.20. The number of anilines is 2. The summed E-state index contributed by atoms with van der Waals surface area (Å²) in [6.07, 6.45) is 5.50. The molecule has 0 bridgehead atoms. The van der Waals surface area contributed by atoms with Crippen LogP contribution >= 0.6 is 0 Å². The number of rotatable bonds is 5. The van der Waals surface area contributed by atoms with Crippen molar-refractivity contribution in [1.29, 1.82) is 0 Å². The fourth-order valence-corrected chi connectivity index (χ4v) is 3.90. The number of aryl methyl sites for hydroxylation is 1. The van der Waals surface area contributed by atoms with Gasteiger partial charge in [0.15, 0.2) is 0 Å². The van der Waals surface area contributed by atoms with Gasteiger partial charge in [-0.05, 0) is 51.1 Å². The van der Waals surface area contributed by atoms with Crippen molar-refractivity contribution >= 4 is 22.9 Å². The molecule has 0 atom stereocenters. The fraction of sp³-hybridized carbons (Fsp3) is 0.364. The minimum absolute atomic E-state index is 0.131. The number of fused-ring (bicyclic) bond motifs is 1. The number of nitrogens with one attached hydrogen (secondary N) is 2. The molecule has 8 heteroatoms. The molecule has 0 spiro atoms. The first-order chi connectivity index (χ1) is 14.5. The Labute approximate surface area is 174 Å². The van der Waals surface area contributed by atoms with Crippen molar-refractivity contribution in [2.45, 2.75) is 25.8 Å². The molecule has 1 saturated heterocycles. The Morgan fingerprint density at radius 3 is 2.77 bits per heavy atom. The number of aromatic nitrogens is 2. The molecular weight excluding hydrogens is 385 g/mol. The van der Waals surface area contributed by atoms with Crippen LogP contribution in [0.4, 0.5) is 15.8 Å². The van der Waals surface area contributed by atoms with Crippen molar-refractivity contribution in [2.75, 3.05) is 37.5 Å². The number of hydrogen-bond acceptors (Lipinski definition) is 5. The predicted molar refractivity (Wildman–Crippen MR) is 115 cm³/mol. The van der Waals surface area contributed by atoms with Crippen LogP contribution in [0.15, 0.2) is 36.7 Å². The first-order valence-electron chi connectivity index (χ1n) is 10.0. The number of amides is 1. The number of halogens is 1. The standard InChI is InChI=1S/C22H26FN5O2/c1-14-12-28-13-17(20(30-3)11-21(28)25-14)22(29)26-19-5-4-16(10-18(19)23)27(2)15-6-8-24-9-7-15/h4-5,10-13,15,24H,6-9H2,1-3H3,(H,26,29). The van der Waals surface area contributed by atoms with Gasteiger partial charge in [0, 0.05) is 37.2 Å². The van der Waals surface area contributed by atoms with Crippen LogP contribution in [-0.4, -0.2) is 48.6 Å². The zero-order chi connectivity index (χ0) is 21.3. The molecule has 4 rings (SSSR count). The van der Waals surface area contributed by atoms with Crippen LogP contribution in [0.2, 0.25) is 0 Å². The summed E-state index contributed by atoms with van der Waals surface area (Å²) in [5.41, 5.74) is 2.74. The third-order valence-electron chi connectivity index (χ3n) is 5.60. The minimum atomic E-state index is -0.472. The summed E-state index contributed by atoms with van der Waals surface area (Å²) in [7, 11) is 3.47. The molecular formula is C22H26FN5O2. The first kappa shape index (κ1) is 20.2. The lowest BCUT2D eigenvalue weighted by molar-refractivity contribution is 0.102. The van der Waals surface area contributed by atoms with E-state index in [9.17, 15) is 9.18 Å². The van der Waals surface area contributed by atoms with E-state index in [0.717, 1.165) is 37.3 Å². The van der Waals surface area contributed by atoms with E-state index in [-0.39, 0.29) is 5.69 Å². The number of nitrogens with zero attached hydrogens (tertiary/aromatic N) is 3. The number of methoxy groups -OCH3 is 1. The van der Waals surface area contributed by atoms with E-state index >= 15 is 0 Å². The van der Waals surface area contributed by atoms with E-state index in [2.05, 4.69) is 20.5 Å². The second kappa shape index (κ2) is 8.31. The van der Waals surface area contributed by atoms with Gasteiger partial charge in [-0.3, -0.25) is 4.79 Å². The van der Waals surface area contributed by atoms with E-state index in [1.165, 1.54) is 13.2 Å². The number of carbonyl (C=O) groups excluding carboxylic acids is 1. The van der Waals surface area contributed by atoms with Gasteiger partial charge >= 0.3 is 0 Å². The summed E-state index contributed by atoms with van der Waals surface area (Å²) in [5, 5.41) is 6.00. The lowest BCUT2D eigenvalue weighted by Gasteiger charge is -2.33. The van der Waals surface area contributed by atoms with Crippen LogP contribution in [0.25, 0.3) is 5.65 Å². The third kappa shape index (κ3) is 3.95. The van der Waals surface area contributed by atoms with Gasteiger partial charge in [-0.1, -0.05) is 0 Å². The summed E-state index contributed by atoms with van der Waals surface area (Å²) >= 11 is 0. The van der Waals surface area contributed by atoms with E-state index in [1.807, 2.05) is 26.2 Å². The van der Waals surface area contributed by atoms with Gasteiger partial charge in [0.05, 0.1) is 24.1 Å². The molecule has 0 unspecified atom stereocenters. The maximum Gasteiger partial charge on any atom is 0.261 e. The molecule has 0 radical (unpaired) electrons. The highest BCUT2D eigenvalue weighted by molar-refractivity contribution is 6.06. The monoisotopic (exact) mass is 411 g/mol. The van der Waals surface area contributed by atoms with Gasteiger partial charge in [-0.15, -0.1) is 0 Å². The molecule has 1 aromatic carbocycles. The van der Waals surface area contributed by atoms with E-state index in [4.69, 9.17) is 4.74 Å². The number of benzene rings is 1. The van der Waals surface area contributed by atoms with Crippen molar-refractivity contribution in [3.8, 4) is 5.75 Å². The summed E-state index contributed by atoms with van der Waals surface area (Å²) in [5.74, 6) is -0.535. The second-order valence-corrected chi connectivity index (χ2v) is 7.61. The number of imidazole rings is 1. The van der Waals surface area contributed by atoms with Crippen LogP contribution in [0, 0.1) is 12.7 Å². The van der Waals surface area contributed by atoms with Gasteiger partial charge in [0.1, 0.15) is 17.2 Å². The number of ether oxygens (including phenoxy) is 1. The molecule has 2 N–H and O–H groups in total. The summed E-state index contributed by atoms with van der Waals surface area (Å²) < 4.78 is 21.9. The molecule has 1 fully saturated rings. The van der Waals surface area contributed by atoms with Crippen molar-refractivity contribution < 1.29 is 13.9 Å². The molecule has 3 aromatic rings. The molecule has 30 heavy (non-hydrogen) atoms. The van der Waals surface area contributed by atoms with Crippen LogP contribution < -0.4 is 20.3 Å². The Morgan fingerprint density at radius 1 is 1.30 bits per heavy atom. The van der Waals surface area contributed by atoms with Crippen LogP contribution in [0.3, 0.4) is 0 Å². The predicted octanol–water partition coefficient (Wildman–Crippen LogP) is 3.23. The zero-order valence-electron chi connectivity index (χ0n) is 17.4. The number of pyridine rings is 1. The van der Waals surface area contributed by atoms with Crippen molar-refractivity contribution in [3.05, 3.63) is 53.7 Å². The SMILES string of the molecule is COc1cc2nc(C)cn2cc1C(=O)Nc1ccc(N(C)C2CCNCC2)cc1F. The first-order valence-corrected chi connectivity index (χ1v) is 10.0. The van der Waals surface area contributed by atoms with Crippen molar-refractivity contribution in [2.24, 2.45) is 0 Å². The van der Waals surface area contributed by atoms with Crippen LogP contribution in [0.1, 0.15) is 28.9 Å². The van der Waals surface area contributed by atoms with Gasteiger partial charge in [-0.2, -0.15) is 0 Å². The Balaban J connectivity index is 1.55. The molecule has 1 aliphatic rings. The molecule has 0 aliphatic carbocycles. The number of piperidine rings is 1. The van der Waals surface area contributed by atoms with Gasteiger partial charge < -0.3 is 24.7 Å². The molecule has 7 nitrogen and oxygen atoms in total. The molecule has 158 valence electrons. The average Bonchev–Trinajstić information content (AvgIpc) is 3.13. The fourth-order valence-electron chi connectivity index (χ4n) is 3.90. The summed E-state index contributed by atoms with van der Waals surface area (Å²) in [6.45, 7) is 3.81. The largest absolute Gasteiger partial charge is 0.496 e. The summed E-state index contributed by atoms with van der Waals surface area (Å²) in [6, 6.07) is 6.97. The Kier molecular flexibility index (Phi) is 5.59. The Morgan fingerprint density at radius 2 is 2.07 bits per heavy atom. The smallest absolute Gasteiger partial charge is 0.261 e. The van der Waals surface area contributed by atoms with Gasteiger partial charge in [0.25, 0.3) is 5.91 Å². The lowest BCUT2D eigenvalue weighted by Crippen LogP contribution is -2.41. The molecule has 1 aliphatic heterocycles. The Hall–Kier alpha value is -3.13. The van der Waals surface area contributed by atoms with Gasteiger partial charge in [0.2, 0.25) is 0 Å². The van der Waals surface area contributed by atoms with E-state index in [0.29, 0.717) is 23.0 Å². The maximum absolute atomic E-state index is 14.8. The van der Waals surface area contributed by atoms with Crippen LogP contribution in [-0.2, 0) is 0 Å². The molecule has 3 heterocycles. The van der Waals surface area contributed by atoms with Crippen LogP contribution in [0.5, 0.6) is 5.75 Å². The normalized spacial score (nSPS) is 14.7. The highest BCUT2D eigenvalue weighted by atomic mass is 19.1. The molecule has 1 amide bonds. The average molecular weight is 411 g/mol. The topological polar surface area (TPSA) is 70.9 Å². The van der Waals surface area contributed by atoms with Gasteiger partial charge in [-0.25, -0.2) is 9.37 Å². The number of carbonyl (C=O) groups is 1. The third-order valence-corrected chi connectivity index (χ3v) is 5.60. The van der Waals surface area contributed by atoms with E-state index < -0.39 is 11.7 Å². The Bertz CT molecular complexity index is 1070. The zero-order valence-corrected chi connectivity index (χ0v) is 17.4. The second-order valence-electron chi connectivity index (χ2n) is 7.61.